The Bertz CT molecular complexity index is 917. The van der Waals surface area contributed by atoms with Crippen molar-refractivity contribution in [3.63, 3.8) is 0 Å². The van der Waals surface area contributed by atoms with E-state index in [1.54, 1.807) is 43.3 Å². The number of benzene rings is 2. The van der Waals surface area contributed by atoms with Gasteiger partial charge in [0.05, 0.1) is 11.4 Å². The molecule has 0 spiro atoms. The monoisotopic (exact) mass is 421 g/mol. The number of unbranched alkanes of at least 4 members (excludes halogenated alkanes) is 1. The fourth-order valence-corrected chi connectivity index (χ4v) is 4.05. The molecule has 2 aromatic rings. The van der Waals surface area contributed by atoms with Gasteiger partial charge < -0.3 is 5.32 Å². The number of halogens is 1. The van der Waals surface area contributed by atoms with E-state index in [0.717, 1.165) is 18.4 Å². The molecule has 6 nitrogen and oxygen atoms in total. The summed E-state index contributed by atoms with van der Waals surface area (Å²) in [6.45, 7) is 3.03. The summed E-state index contributed by atoms with van der Waals surface area (Å²) >= 11 is 0. The Kier molecular flexibility index (Phi) is 8.31. The minimum absolute atomic E-state index is 0.121. The summed E-state index contributed by atoms with van der Waals surface area (Å²) in [4.78, 5) is 14.2. The van der Waals surface area contributed by atoms with Crippen molar-refractivity contribution in [1.29, 1.82) is 0 Å². The Morgan fingerprint density at radius 1 is 1.10 bits per heavy atom. The van der Waals surface area contributed by atoms with Crippen LogP contribution in [-0.2, 0) is 21.4 Å². The first-order valence-corrected chi connectivity index (χ1v) is 11.0. The minimum Gasteiger partial charge on any atom is -0.325 e. The first kappa shape index (κ1) is 23.0. The zero-order chi connectivity index (χ0) is 21.4. The molecule has 0 atom stereocenters. The van der Waals surface area contributed by atoms with Crippen LogP contribution in [0, 0.1) is 5.82 Å². The smallest absolute Gasteiger partial charge is 0.242 e. The number of rotatable bonds is 10. The van der Waals surface area contributed by atoms with Crippen molar-refractivity contribution in [2.75, 3.05) is 32.5 Å². The fraction of sp³-hybridized carbons (Fsp3) is 0.381. The maximum absolute atomic E-state index is 13.3. The largest absolute Gasteiger partial charge is 0.325 e. The summed E-state index contributed by atoms with van der Waals surface area (Å²) in [5, 5.41) is 2.75. The Morgan fingerprint density at radius 3 is 2.41 bits per heavy atom. The first-order valence-electron chi connectivity index (χ1n) is 9.51. The number of likely N-dealkylation sites (N-methyl/N-ethyl adjacent to an activating group) is 1. The molecule has 0 aromatic heterocycles. The molecular formula is C21H28FN3O3S. The van der Waals surface area contributed by atoms with E-state index in [9.17, 15) is 17.6 Å². The number of nitrogens with zero attached hydrogens (tertiary/aromatic N) is 2. The van der Waals surface area contributed by atoms with E-state index in [1.807, 2.05) is 6.92 Å². The van der Waals surface area contributed by atoms with Crippen LogP contribution in [0.25, 0.3) is 0 Å². The van der Waals surface area contributed by atoms with E-state index >= 15 is 0 Å². The van der Waals surface area contributed by atoms with Crippen LogP contribution in [0.2, 0.25) is 0 Å². The molecule has 0 heterocycles. The highest BCUT2D eigenvalue weighted by Crippen LogP contribution is 2.18. The number of carbonyl (C=O) groups excluding carboxylic acids is 1. The van der Waals surface area contributed by atoms with Crippen molar-refractivity contribution in [2.45, 2.75) is 31.2 Å². The third-order valence-electron chi connectivity index (χ3n) is 4.43. The molecule has 0 radical (unpaired) electrons. The van der Waals surface area contributed by atoms with Gasteiger partial charge in [-0.15, -0.1) is 0 Å². The van der Waals surface area contributed by atoms with Crippen molar-refractivity contribution in [3.8, 4) is 0 Å². The van der Waals surface area contributed by atoms with Gasteiger partial charge in [0.2, 0.25) is 15.9 Å². The molecule has 8 heteroatoms. The topological polar surface area (TPSA) is 69.7 Å². The molecule has 2 rings (SSSR count). The van der Waals surface area contributed by atoms with Crippen molar-refractivity contribution < 1.29 is 17.6 Å². The highest BCUT2D eigenvalue weighted by atomic mass is 32.2. The zero-order valence-corrected chi connectivity index (χ0v) is 17.9. The minimum atomic E-state index is -3.53. The van der Waals surface area contributed by atoms with Gasteiger partial charge in [0, 0.05) is 25.8 Å². The quantitative estimate of drug-likeness (QED) is 0.639. The molecule has 0 unspecified atom stereocenters. The summed E-state index contributed by atoms with van der Waals surface area (Å²) in [5.41, 5.74) is 1.30. The Balaban J connectivity index is 1.92. The average molecular weight is 422 g/mol. The Labute approximate surface area is 172 Å². The van der Waals surface area contributed by atoms with Gasteiger partial charge in [-0.3, -0.25) is 9.69 Å². The average Bonchev–Trinajstić information content (AvgIpc) is 2.66. The van der Waals surface area contributed by atoms with Gasteiger partial charge in [-0.2, -0.15) is 0 Å². The lowest BCUT2D eigenvalue weighted by Gasteiger charge is -2.18. The van der Waals surface area contributed by atoms with Crippen LogP contribution < -0.4 is 5.32 Å². The second kappa shape index (κ2) is 10.5. The predicted molar refractivity (Wildman–Crippen MR) is 113 cm³/mol. The zero-order valence-electron chi connectivity index (χ0n) is 17.1. The van der Waals surface area contributed by atoms with Gasteiger partial charge in [-0.05, 0) is 55.4 Å². The summed E-state index contributed by atoms with van der Waals surface area (Å²) in [7, 11) is -0.197. The number of hydrogen-bond donors (Lipinski definition) is 1. The molecule has 158 valence electrons. The van der Waals surface area contributed by atoms with Crippen LogP contribution in [0.4, 0.5) is 10.1 Å². The molecule has 0 bridgehead atoms. The molecule has 1 N–H and O–H groups in total. The maximum Gasteiger partial charge on any atom is 0.242 e. The lowest BCUT2D eigenvalue weighted by atomic mass is 10.2. The number of nitrogens with one attached hydrogen (secondary N) is 1. The molecule has 0 aliphatic carbocycles. The van der Waals surface area contributed by atoms with Crippen molar-refractivity contribution in [3.05, 3.63) is 59.9 Å². The van der Waals surface area contributed by atoms with Crippen LogP contribution in [-0.4, -0.2) is 50.7 Å². The summed E-state index contributed by atoms with van der Waals surface area (Å²) in [6.07, 6.45) is 1.71. The van der Waals surface area contributed by atoms with Crippen LogP contribution in [0.1, 0.15) is 25.3 Å². The van der Waals surface area contributed by atoms with E-state index in [-0.39, 0.29) is 23.2 Å². The van der Waals surface area contributed by atoms with Gasteiger partial charge in [-0.1, -0.05) is 25.5 Å². The van der Waals surface area contributed by atoms with Crippen LogP contribution in [0.3, 0.4) is 0 Å². The number of hydrogen-bond acceptors (Lipinski definition) is 4. The predicted octanol–water partition coefficient (Wildman–Crippen LogP) is 3.32. The molecule has 29 heavy (non-hydrogen) atoms. The highest BCUT2D eigenvalue weighted by Gasteiger charge is 2.20. The van der Waals surface area contributed by atoms with Crippen molar-refractivity contribution >= 4 is 21.6 Å². The standard InChI is InChI=1S/C21H28FN3O3S/c1-4-5-13-25(3)29(27,28)20-11-9-19(10-12-20)23-21(26)16-24(2)15-17-7-6-8-18(22)14-17/h6-12,14H,4-5,13,15-16H2,1-3H3,(H,23,26). The number of sulfonamides is 1. The molecule has 0 saturated heterocycles. The molecule has 0 aliphatic rings. The summed E-state index contributed by atoms with van der Waals surface area (Å²) in [5.74, 6) is -0.546. The molecule has 1 amide bonds. The molecule has 0 saturated carbocycles. The SMILES string of the molecule is CCCCN(C)S(=O)(=O)c1ccc(NC(=O)CN(C)Cc2cccc(F)c2)cc1. The third kappa shape index (κ3) is 6.92. The second-order valence-electron chi connectivity index (χ2n) is 7.05. The number of anilines is 1. The van der Waals surface area contributed by atoms with Gasteiger partial charge in [0.1, 0.15) is 5.82 Å². The van der Waals surface area contributed by atoms with Gasteiger partial charge in [0.15, 0.2) is 0 Å². The lowest BCUT2D eigenvalue weighted by Crippen LogP contribution is -2.30. The van der Waals surface area contributed by atoms with Crippen molar-refractivity contribution in [1.82, 2.24) is 9.21 Å². The number of amides is 1. The molecular weight excluding hydrogens is 393 g/mol. The molecule has 2 aromatic carbocycles. The van der Waals surface area contributed by atoms with Gasteiger partial charge in [0.25, 0.3) is 0 Å². The first-order chi connectivity index (χ1) is 13.7. The fourth-order valence-electron chi connectivity index (χ4n) is 2.84. The van der Waals surface area contributed by atoms with E-state index in [2.05, 4.69) is 5.32 Å². The van der Waals surface area contributed by atoms with Crippen molar-refractivity contribution in [2.24, 2.45) is 0 Å². The van der Waals surface area contributed by atoms with Crippen LogP contribution in [0.5, 0.6) is 0 Å². The van der Waals surface area contributed by atoms with E-state index in [0.29, 0.717) is 18.8 Å². The molecule has 0 fully saturated rings. The van der Waals surface area contributed by atoms with E-state index in [4.69, 9.17) is 0 Å². The molecule has 0 aliphatic heterocycles. The third-order valence-corrected chi connectivity index (χ3v) is 6.30. The normalized spacial score (nSPS) is 11.8. The highest BCUT2D eigenvalue weighted by molar-refractivity contribution is 7.89. The Morgan fingerprint density at radius 2 is 1.79 bits per heavy atom. The maximum atomic E-state index is 13.3. The van der Waals surface area contributed by atoms with Gasteiger partial charge in [-0.25, -0.2) is 17.1 Å². The lowest BCUT2D eigenvalue weighted by molar-refractivity contribution is -0.117. The Hall–Kier alpha value is -2.29. The van der Waals surface area contributed by atoms with Crippen LogP contribution in [0.15, 0.2) is 53.4 Å². The van der Waals surface area contributed by atoms with E-state index in [1.165, 1.54) is 28.6 Å². The van der Waals surface area contributed by atoms with Gasteiger partial charge >= 0.3 is 0 Å². The van der Waals surface area contributed by atoms with Crippen LogP contribution >= 0.6 is 0 Å². The second-order valence-corrected chi connectivity index (χ2v) is 9.10. The number of carbonyl (C=O) groups is 1. The van der Waals surface area contributed by atoms with E-state index < -0.39 is 10.0 Å². The summed E-state index contributed by atoms with van der Waals surface area (Å²) in [6, 6.07) is 12.4. The summed E-state index contributed by atoms with van der Waals surface area (Å²) < 4.78 is 39.6.